The van der Waals surface area contributed by atoms with Crippen LogP contribution in [0, 0.1) is 6.92 Å². The lowest BCUT2D eigenvalue weighted by molar-refractivity contribution is 0.630. The number of hydrogen-bond donors (Lipinski definition) is 1. The first kappa shape index (κ1) is 16.1. The van der Waals surface area contributed by atoms with E-state index in [1.807, 2.05) is 6.07 Å². The molecule has 0 bridgehead atoms. The Morgan fingerprint density at radius 2 is 1.67 bits per heavy atom. The summed E-state index contributed by atoms with van der Waals surface area (Å²) in [5.74, 6) is 0. The maximum atomic E-state index is 6.14. The molecular weight excluding hydrogens is 278 g/mol. The fraction of sp³-hybridized carbons (Fsp3) is 0.368. The number of benzene rings is 2. The highest BCUT2D eigenvalue weighted by molar-refractivity contribution is 6.31. The van der Waals surface area contributed by atoms with Crippen molar-refractivity contribution in [2.24, 2.45) is 0 Å². The zero-order valence-corrected chi connectivity index (χ0v) is 13.9. The molecule has 1 unspecified atom stereocenters. The van der Waals surface area contributed by atoms with Crippen LogP contribution in [-0.2, 0) is 6.42 Å². The predicted octanol–water partition coefficient (Wildman–Crippen LogP) is 5.30. The molecule has 112 valence electrons. The van der Waals surface area contributed by atoms with Gasteiger partial charge in [0, 0.05) is 5.02 Å². The van der Waals surface area contributed by atoms with Crippen LogP contribution in [0.1, 0.15) is 48.6 Å². The Morgan fingerprint density at radius 1 is 1.00 bits per heavy atom. The van der Waals surface area contributed by atoms with Gasteiger partial charge in [-0.3, -0.25) is 0 Å². The van der Waals surface area contributed by atoms with E-state index in [0.717, 1.165) is 23.6 Å². The van der Waals surface area contributed by atoms with E-state index < -0.39 is 0 Å². The second-order valence-corrected chi connectivity index (χ2v) is 5.90. The molecule has 0 aliphatic heterocycles. The van der Waals surface area contributed by atoms with Gasteiger partial charge in [0.05, 0.1) is 6.04 Å². The molecule has 2 rings (SSSR count). The molecule has 0 aromatic heterocycles. The summed E-state index contributed by atoms with van der Waals surface area (Å²) >= 11 is 6.14. The van der Waals surface area contributed by atoms with Crippen LogP contribution in [0.2, 0.25) is 5.02 Å². The highest BCUT2D eigenvalue weighted by Gasteiger charge is 2.13. The van der Waals surface area contributed by atoms with Crippen LogP contribution in [-0.4, -0.2) is 6.54 Å². The fourth-order valence-electron chi connectivity index (χ4n) is 2.65. The average Bonchev–Trinajstić information content (AvgIpc) is 2.49. The molecule has 2 aromatic carbocycles. The van der Waals surface area contributed by atoms with Gasteiger partial charge in [0.25, 0.3) is 0 Å². The third-order valence-corrected chi connectivity index (χ3v) is 4.20. The van der Waals surface area contributed by atoms with Crippen molar-refractivity contribution >= 4 is 11.6 Å². The predicted molar refractivity (Wildman–Crippen MR) is 92.1 cm³/mol. The maximum Gasteiger partial charge on any atom is 0.0576 e. The fourth-order valence-corrected chi connectivity index (χ4v) is 2.76. The van der Waals surface area contributed by atoms with Crippen LogP contribution in [0.5, 0.6) is 0 Å². The van der Waals surface area contributed by atoms with Gasteiger partial charge in [-0.05, 0) is 48.2 Å². The van der Waals surface area contributed by atoms with Gasteiger partial charge < -0.3 is 5.32 Å². The summed E-state index contributed by atoms with van der Waals surface area (Å²) in [6.07, 6.45) is 2.33. The van der Waals surface area contributed by atoms with Crippen LogP contribution in [0.3, 0.4) is 0 Å². The van der Waals surface area contributed by atoms with E-state index in [9.17, 15) is 0 Å². The molecule has 0 fully saturated rings. The van der Waals surface area contributed by atoms with Crippen molar-refractivity contribution < 1.29 is 0 Å². The normalized spacial score (nSPS) is 12.4. The molecular formula is C19H24ClN. The van der Waals surface area contributed by atoms with Crippen LogP contribution in [0.25, 0.3) is 0 Å². The smallest absolute Gasteiger partial charge is 0.0576 e. The molecule has 1 N–H and O–H groups in total. The molecule has 0 aliphatic carbocycles. The third-order valence-electron chi connectivity index (χ3n) is 3.78. The van der Waals surface area contributed by atoms with Gasteiger partial charge in [0.15, 0.2) is 0 Å². The Morgan fingerprint density at radius 3 is 2.24 bits per heavy atom. The van der Waals surface area contributed by atoms with E-state index in [2.05, 4.69) is 62.5 Å². The first-order chi connectivity index (χ1) is 10.2. The number of rotatable bonds is 6. The highest BCUT2D eigenvalue weighted by Crippen LogP contribution is 2.26. The minimum Gasteiger partial charge on any atom is -0.307 e. The Hall–Kier alpha value is -1.31. The minimum atomic E-state index is 0.224. The molecule has 0 amide bonds. The largest absolute Gasteiger partial charge is 0.307 e. The molecule has 1 nitrogen and oxygen atoms in total. The van der Waals surface area contributed by atoms with E-state index in [1.165, 1.54) is 23.1 Å². The highest BCUT2D eigenvalue weighted by atomic mass is 35.5. The monoisotopic (exact) mass is 301 g/mol. The number of hydrogen-bond acceptors (Lipinski definition) is 1. The molecule has 0 saturated heterocycles. The van der Waals surface area contributed by atoms with Crippen molar-refractivity contribution in [3.8, 4) is 0 Å². The lowest BCUT2D eigenvalue weighted by Crippen LogP contribution is -2.22. The molecule has 2 aromatic rings. The second kappa shape index (κ2) is 7.63. The molecule has 0 aliphatic rings. The topological polar surface area (TPSA) is 12.0 Å². The van der Waals surface area contributed by atoms with Gasteiger partial charge in [0.1, 0.15) is 0 Å². The Bertz CT molecular complexity index is 575. The molecule has 0 heterocycles. The third kappa shape index (κ3) is 4.09. The van der Waals surface area contributed by atoms with Gasteiger partial charge in [-0.15, -0.1) is 0 Å². The zero-order valence-electron chi connectivity index (χ0n) is 13.1. The summed E-state index contributed by atoms with van der Waals surface area (Å²) in [7, 11) is 0. The standard InChI is InChI=1S/C19H24ClN/c1-4-6-15-7-9-16(10-8-15)19(21-5-2)17-11-12-18(20)14(3)13-17/h7-13,19,21H,4-6H2,1-3H3. The summed E-state index contributed by atoms with van der Waals surface area (Å²) in [5.41, 5.74) is 5.10. The van der Waals surface area contributed by atoms with Crippen molar-refractivity contribution in [3.05, 3.63) is 69.7 Å². The maximum absolute atomic E-state index is 6.14. The van der Waals surface area contributed by atoms with Crippen molar-refractivity contribution in [2.45, 2.75) is 39.7 Å². The average molecular weight is 302 g/mol. The minimum absolute atomic E-state index is 0.224. The SMILES string of the molecule is CCCc1ccc(C(NCC)c2ccc(Cl)c(C)c2)cc1. The van der Waals surface area contributed by atoms with Crippen LogP contribution in [0.15, 0.2) is 42.5 Å². The summed E-state index contributed by atoms with van der Waals surface area (Å²) in [4.78, 5) is 0. The van der Waals surface area contributed by atoms with Crippen molar-refractivity contribution in [1.29, 1.82) is 0 Å². The van der Waals surface area contributed by atoms with E-state index in [4.69, 9.17) is 11.6 Å². The van der Waals surface area contributed by atoms with Crippen LogP contribution in [0.4, 0.5) is 0 Å². The molecule has 21 heavy (non-hydrogen) atoms. The van der Waals surface area contributed by atoms with Crippen LogP contribution >= 0.6 is 11.6 Å². The first-order valence-electron chi connectivity index (χ1n) is 7.74. The first-order valence-corrected chi connectivity index (χ1v) is 8.11. The van der Waals surface area contributed by atoms with E-state index in [1.54, 1.807) is 0 Å². The van der Waals surface area contributed by atoms with Gasteiger partial charge in [-0.25, -0.2) is 0 Å². The zero-order chi connectivity index (χ0) is 15.2. The molecule has 0 saturated carbocycles. The van der Waals surface area contributed by atoms with Crippen molar-refractivity contribution in [1.82, 2.24) is 5.32 Å². The lowest BCUT2D eigenvalue weighted by atomic mass is 9.96. The Labute approximate surface area is 133 Å². The summed E-state index contributed by atoms with van der Waals surface area (Å²) in [5, 5.41) is 4.40. The number of halogens is 1. The second-order valence-electron chi connectivity index (χ2n) is 5.49. The molecule has 1 atom stereocenters. The Balaban J connectivity index is 2.31. The van der Waals surface area contributed by atoms with E-state index in [-0.39, 0.29) is 6.04 Å². The number of nitrogens with one attached hydrogen (secondary N) is 1. The Kier molecular flexibility index (Phi) is 5.84. The molecule has 0 spiro atoms. The van der Waals surface area contributed by atoms with Gasteiger partial charge in [-0.1, -0.05) is 68.3 Å². The van der Waals surface area contributed by atoms with Gasteiger partial charge in [0.2, 0.25) is 0 Å². The van der Waals surface area contributed by atoms with Crippen molar-refractivity contribution in [3.63, 3.8) is 0 Å². The summed E-state index contributed by atoms with van der Waals surface area (Å²) < 4.78 is 0. The summed E-state index contributed by atoms with van der Waals surface area (Å²) in [6, 6.07) is 15.5. The molecule has 2 heteroatoms. The number of aryl methyl sites for hydroxylation is 2. The van der Waals surface area contributed by atoms with Gasteiger partial charge in [-0.2, -0.15) is 0 Å². The molecule has 0 radical (unpaired) electrons. The lowest BCUT2D eigenvalue weighted by Gasteiger charge is -2.20. The van der Waals surface area contributed by atoms with E-state index >= 15 is 0 Å². The van der Waals surface area contributed by atoms with Crippen LogP contribution < -0.4 is 5.32 Å². The summed E-state index contributed by atoms with van der Waals surface area (Å²) in [6.45, 7) is 7.34. The quantitative estimate of drug-likeness (QED) is 0.763. The van der Waals surface area contributed by atoms with Crippen molar-refractivity contribution in [2.75, 3.05) is 6.54 Å². The van der Waals surface area contributed by atoms with Gasteiger partial charge >= 0.3 is 0 Å². The van der Waals surface area contributed by atoms with E-state index in [0.29, 0.717) is 0 Å².